The Balaban J connectivity index is 2.39. The molecule has 112 valence electrons. The van der Waals surface area contributed by atoms with Crippen LogP contribution in [0.4, 0.5) is 8.78 Å². The summed E-state index contributed by atoms with van der Waals surface area (Å²) in [5, 5.41) is 3.31. The van der Waals surface area contributed by atoms with Crippen LogP contribution in [0, 0.1) is 17.6 Å². The molecule has 1 nitrogen and oxygen atoms in total. The van der Waals surface area contributed by atoms with Gasteiger partial charge in [-0.15, -0.1) is 0 Å². The van der Waals surface area contributed by atoms with E-state index in [0.717, 1.165) is 24.2 Å². The molecule has 0 aliphatic rings. The first-order valence-corrected chi connectivity index (χ1v) is 7.33. The fourth-order valence-corrected chi connectivity index (χ4v) is 2.74. The lowest BCUT2D eigenvalue weighted by Crippen LogP contribution is -2.26. The minimum Gasteiger partial charge on any atom is -0.317 e. The average Bonchev–Trinajstić information content (AvgIpc) is 2.45. The summed E-state index contributed by atoms with van der Waals surface area (Å²) in [6.45, 7) is 5.83. The summed E-state index contributed by atoms with van der Waals surface area (Å²) in [7, 11) is 0. The summed E-state index contributed by atoms with van der Waals surface area (Å²) in [4.78, 5) is 0. The summed E-state index contributed by atoms with van der Waals surface area (Å²) in [6.07, 6.45) is 0. The van der Waals surface area contributed by atoms with Gasteiger partial charge in [0, 0.05) is 5.92 Å². The van der Waals surface area contributed by atoms with E-state index in [1.54, 1.807) is 12.1 Å². The third-order valence-electron chi connectivity index (χ3n) is 3.70. The molecule has 1 N–H and O–H groups in total. The van der Waals surface area contributed by atoms with Crippen LogP contribution in [-0.4, -0.2) is 13.1 Å². The molecule has 0 saturated heterocycles. The maximum absolute atomic E-state index is 13.5. The molecular weight excluding hydrogens is 268 g/mol. The summed E-state index contributed by atoms with van der Waals surface area (Å²) >= 11 is 0. The Bertz CT molecular complexity index is 537. The van der Waals surface area contributed by atoms with E-state index >= 15 is 0 Å². The van der Waals surface area contributed by atoms with Gasteiger partial charge in [0.25, 0.3) is 0 Å². The average molecular weight is 289 g/mol. The molecular formula is C18H21F2N. The van der Waals surface area contributed by atoms with Crippen LogP contribution in [0.2, 0.25) is 0 Å². The summed E-state index contributed by atoms with van der Waals surface area (Å²) < 4.78 is 27.1. The SMILES string of the molecule is CCNC[C@H](C)C(c1cccc(F)c1)c1cccc(F)c1. The number of nitrogens with one attached hydrogen (secondary N) is 1. The highest BCUT2D eigenvalue weighted by Crippen LogP contribution is 2.32. The van der Waals surface area contributed by atoms with Crippen LogP contribution in [0.25, 0.3) is 0 Å². The van der Waals surface area contributed by atoms with E-state index < -0.39 is 0 Å². The van der Waals surface area contributed by atoms with Crippen molar-refractivity contribution in [3.8, 4) is 0 Å². The first-order valence-electron chi connectivity index (χ1n) is 7.33. The fourth-order valence-electron chi connectivity index (χ4n) is 2.74. The summed E-state index contributed by atoms with van der Waals surface area (Å²) in [5.74, 6) is -0.321. The monoisotopic (exact) mass is 289 g/mol. The smallest absolute Gasteiger partial charge is 0.123 e. The van der Waals surface area contributed by atoms with Crippen LogP contribution in [0.5, 0.6) is 0 Å². The van der Waals surface area contributed by atoms with Crippen molar-refractivity contribution in [1.29, 1.82) is 0 Å². The predicted octanol–water partition coefficient (Wildman–Crippen LogP) is 4.34. The van der Waals surface area contributed by atoms with Gasteiger partial charge < -0.3 is 5.32 Å². The molecule has 0 bridgehead atoms. The Morgan fingerprint density at radius 2 is 1.48 bits per heavy atom. The zero-order chi connectivity index (χ0) is 15.2. The fraction of sp³-hybridized carbons (Fsp3) is 0.333. The molecule has 0 spiro atoms. The molecule has 0 aromatic heterocycles. The van der Waals surface area contributed by atoms with Crippen molar-refractivity contribution < 1.29 is 8.78 Å². The van der Waals surface area contributed by atoms with E-state index in [1.807, 2.05) is 19.1 Å². The van der Waals surface area contributed by atoms with Crippen molar-refractivity contribution in [3.05, 3.63) is 71.3 Å². The van der Waals surface area contributed by atoms with Crippen LogP contribution in [0.1, 0.15) is 30.9 Å². The van der Waals surface area contributed by atoms with Gasteiger partial charge in [0.2, 0.25) is 0 Å². The highest BCUT2D eigenvalue weighted by Gasteiger charge is 2.22. The Morgan fingerprint density at radius 3 is 1.90 bits per heavy atom. The molecule has 1 atom stereocenters. The maximum Gasteiger partial charge on any atom is 0.123 e. The lowest BCUT2D eigenvalue weighted by Gasteiger charge is -2.25. The minimum atomic E-state index is -0.260. The molecule has 2 aromatic rings. The number of halogens is 2. The number of rotatable bonds is 6. The molecule has 0 heterocycles. The Labute approximate surface area is 125 Å². The van der Waals surface area contributed by atoms with Crippen molar-refractivity contribution in [1.82, 2.24) is 5.32 Å². The first-order chi connectivity index (χ1) is 10.1. The number of benzene rings is 2. The standard InChI is InChI=1S/C18H21F2N/c1-3-21-12-13(2)18(14-6-4-8-16(19)10-14)15-7-5-9-17(20)11-15/h4-11,13,18,21H,3,12H2,1-2H3/t13-/m0/s1. The Hall–Kier alpha value is -1.74. The van der Waals surface area contributed by atoms with E-state index in [9.17, 15) is 8.78 Å². The summed E-state index contributed by atoms with van der Waals surface area (Å²) in [6, 6.07) is 13.2. The molecule has 2 aromatic carbocycles. The molecule has 0 aliphatic carbocycles. The van der Waals surface area contributed by atoms with E-state index in [-0.39, 0.29) is 23.5 Å². The van der Waals surface area contributed by atoms with Gasteiger partial charge in [-0.25, -0.2) is 8.78 Å². The normalized spacial score (nSPS) is 12.6. The van der Waals surface area contributed by atoms with Gasteiger partial charge in [-0.1, -0.05) is 38.1 Å². The molecule has 0 unspecified atom stereocenters. The predicted molar refractivity (Wildman–Crippen MR) is 82.4 cm³/mol. The molecule has 3 heteroatoms. The lowest BCUT2D eigenvalue weighted by molar-refractivity contribution is 0.469. The van der Waals surface area contributed by atoms with Gasteiger partial charge in [0.1, 0.15) is 11.6 Å². The molecule has 21 heavy (non-hydrogen) atoms. The zero-order valence-electron chi connectivity index (χ0n) is 12.4. The van der Waals surface area contributed by atoms with Crippen LogP contribution in [0.15, 0.2) is 48.5 Å². The molecule has 2 rings (SSSR count). The van der Waals surface area contributed by atoms with Gasteiger partial charge in [-0.2, -0.15) is 0 Å². The molecule has 0 amide bonds. The molecule has 0 fully saturated rings. The van der Waals surface area contributed by atoms with Gasteiger partial charge in [-0.3, -0.25) is 0 Å². The van der Waals surface area contributed by atoms with Crippen molar-refractivity contribution in [2.45, 2.75) is 19.8 Å². The van der Waals surface area contributed by atoms with Crippen molar-refractivity contribution >= 4 is 0 Å². The minimum absolute atomic E-state index is 0.0320. The number of hydrogen-bond acceptors (Lipinski definition) is 1. The molecule has 0 aliphatic heterocycles. The molecule has 0 radical (unpaired) electrons. The third kappa shape index (κ3) is 4.11. The Kier molecular flexibility index (Phi) is 5.45. The summed E-state index contributed by atoms with van der Waals surface area (Å²) in [5.41, 5.74) is 1.76. The van der Waals surface area contributed by atoms with Crippen LogP contribution >= 0.6 is 0 Å². The van der Waals surface area contributed by atoms with Gasteiger partial charge in [0.15, 0.2) is 0 Å². The van der Waals surface area contributed by atoms with Crippen LogP contribution < -0.4 is 5.32 Å². The van der Waals surface area contributed by atoms with Crippen LogP contribution in [-0.2, 0) is 0 Å². The van der Waals surface area contributed by atoms with Crippen molar-refractivity contribution in [2.24, 2.45) is 5.92 Å². The Morgan fingerprint density at radius 1 is 0.952 bits per heavy atom. The molecule has 0 saturated carbocycles. The van der Waals surface area contributed by atoms with Crippen molar-refractivity contribution in [3.63, 3.8) is 0 Å². The van der Waals surface area contributed by atoms with Crippen molar-refractivity contribution in [2.75, 3.05) is 13.1 Å². The third-order valence-corrected chi connectivity index (χ3v) is 3.70. The second-order valence-corrected chi connectivity index (χ2v) is 5.37. The highest BCUT2D eigenvalue weighted by molar-refractivity contribution is 5.34. The van der Waals surface area contributed by atoms with Gasteiger partial charge in [0.05, 0.1) is 0 Å². The van der Waals surface area contributed by atoms with Gasteiger partial charge in [-0.05, 0) is 54.4 Å². The largest absolute Gasteiger partial charge is 0.317 e. The maximum atomic E-state index is 13.5. The second-order valence-electron chi connectivity index (χ2n) is 5.37. The zero-order valence-corrected chi connectivity index (χ0v) is 12.4. The second kappa shape index (κ2) is 7.32. The topological polar surface area (TPSA) is 12.0 Å². The number of hydrogen-bond donors (Lipinski definition) is 1. The van der Waals surface area contributed by atoms with E-state index in [2.05, 4.69) is 12.2 Å². The quantitative estimate of drug-likeness (QED) is 0.834. The van der Waals surface area contributed by atoms with E-state index in [0.29, 0.717) is 0 Å². The van der Waals surface area contributed by atoms with Crippen LogP contribution in [0.3, 0.4) is 0 Å². The lowest BCUT2D eigenvalue weighted by atomic mass is 9.81. The first kappa shape index (κ1) is 15.6. The van der Waals surface area contributed by atoms with E-state index in [1.165, 1.54) is 24.3 Å². The van der Waals surface area contributed by atoms with E-state index in [4.69, 9.17) is 0 Å². The van der Waals surface area contributed by atoms with Gasteiger partial charge >= 0.3 is 0 Å². The highest BCUT2D eigenvalue weighted by atomic mass is 19.1.